The summed E-state index contributed by atoms with van der Waals surface area (Å²) in [6.07, 6.45) is 4.39. The lowest BCUT2D eigenvalue weighted by Gasteiger charge is -2.32. The molecule has 144 valence electrons. The standard InChI is InChI=1S/C22H24ClF2NO/c23-18-9-16(10-20(25)11-18)13-26-7-5-15(6-8-26)14-27-22-12-19(24)3-4-21(22)17-1-2-17/h3-4,9-12,15,17H,1-2,5-8,13-14H2. The fourth-order valence-corrected chi connectivity index (χ4v) is 4.09. The van der Waals surface area contributed by atoms with Crippen LogP contribution in [0.2, 0.25) is 5.02 Å². The van der Waals surface area contributed by atoms with Gasteiger partial charge in [0, 0.05) is 17.6 Å². The fourth-order valence-electron chi connectivity index (χ4n) is 3.84. The monoisotopic (exact) mass is 391 g/mol. The smallest absolute Gasteiger partial charge is 0.126 e. The highest BCUT2D eigenvalue weighted by Gasteiger charge is 2.27. The van der Waals surface area contributed by atoms with Gasteiger partial charge in [-0.1, -0.05) is 17.7 Å². The van der Waals surface area contributed by atoms with Crippen LogP contribution >= 0.6 is 11.6 Å². The van der Waals surface area contributed by atoms with E-state index in [0.29, 0.717) is 35.8 Å². The van der Waals surface area contributed by atoms with Gasteiger partial charge in [0.15, 0.2) is 0 Å². The fraction of sp³-hybridized carbons (Fsp3) is 0.455. The molecule has 0 bridgehead atoms. The van der Waals surface area contributed by atoms with Crippen molar-refractivity contribution in [3.63, 3.8) is 0 Å². The Bertz CT molecular complexity index is 781. The molecule has 5 heteroatoms. The zero-order chi connectivity index (χ0) is 18.8. The Morgan fingerprint density at radius 2 is 1.74 bits per heavy atom. The first-order valence-corrected chi connectivity index (χ1v) is 10.0. The lowest BCUT2D eigenvalue weighted by Crippen LogP contribution is -2.35. The lowest BCUT2D eigenvalue weighted by molar-refractivity contribution is 0.136. The predicted molar refractivity (Wildman–Crippen MR) is 103 cm³/mol. The van der Waals surface area contributed by atoms with Crippen LogP contribution in [0, 0.1) is 17.6 Å². The number of halogens is 3. The minimum atomic E-state index is -0.289. The van der Waals surface area contributed by atoms with Crippen LogP contribution in [0.25, 0.3) is 0 Å². The van der Waals surface area contributed by atoms with Gasteiger partial charge >= 0.3 is 0 Å². The average Bonchev–Trinajstić information content (AvgIpc) is 3.45. The normalized spacial score (nSPS) is 18.6. The van der Waals surface area contributed by atoms with Crippen molar-refractivity contribution in [3.05, 3.63) is 64.2 Å². The molecule has 2 fully saturated rings. The van der Waals surface area contributed by atoms with Crippen molar-refractivity contribution < 1.29 is 13.5 Å². The summed E-state index contributed by atoms with van der Waals surface area (Å²) in [5.41, 5.74) is 2.06. The van der Waals surface area contributed by atoms with Gasteiger partial charge in [0.2, 0.25) is 0 Å². The number of hydrogen-bond acceptors (Lipinski definition) is 2. The molecule has 2 nitrogen and oxygen atoms in total. The molecule has 0 aromatic heterocycles. The summed E-state index contributed by atoms with van der Waals surface area (Å²) in [6, 6.07) is 9.62. The number of nitrogens with zero attached hydrogens (tertiary/aromatic N) is 1. The molecule has 27 heavy (non-hydrogen) atoms. The molecular formula is C22H24ClF2NO. The van der Waals surface area contributed by atoms with E-state index in [1.165, 1.54) is 31.0 Å². The second kappa shape index (κ2) is 8.15. The van der Waals surface area contributed by atoms with Crippen molar-refractivity contribution in [2.75, 3.05) is 19.7 Å². The Morgan fingerprint density at radius 1 is 0.963 bits per heavy atom. The largest absolute Gasteiger partial charge is 0.493 e. The van der Waals surface area contributed by atoms with Crippen molar-refractivity contribution >= 4 is 11.6 Å². The van der Waals surface area contributed by atoms with Crippen LogP contribution in [0.1, 0.15) is 42.7 Å². The number of piperidine rings is 1. The SMILES string of the molecule is Fc1cc(Cl)cc(CN2CCC(COc3cc(F)ccc3C3CC3)CC2)c1. The topological polar surface area (TPSA) is 12.5 Å². The molecule has 2 aliphatic rings. The van der Waals surface area contributed by atoms with Crippen LogP contribution in [0.3, 0.4) is 0 Å². The maximum atomic E-state index is 13.6. The van der Waals surface area contributed by atoms with Crippen LogP contribution in [-0.2, 0) is 6.54 Å². The highest BCUT2D eigenvalue weighted by atomic mass is 35.5. The Morgan fingerprint density at radius 3 is 2.44 bits per heavy atom. The van der Waals surface area contributed by atoms with Gasteiger partial charge in [0.25, 0.3) is 0 Å². The number of hydrogen-bond donors (Lipinski definition) is 0. The quantitative estimate of drug-likeness (QED) is 0.618. The molecular weight excluding hydrogens is 368 g/mol. The van der Waals surface area contributed by atoms with E-state index >= 15 is 0 Å². The van der Waals surface area contributed by atoms with E-state index in [0.717, 1.165) is 37.1 Å². The van der Waals surface area contributed by atoms with Crippen molar-refractivity contribution in [1.29, 1.82) is 0 Å². The van der Waals surface area contributed by atoms with E-state index in [-0.39, 0.29) is 11.6 Å². The Kier molecular flexibility index (Phi) is 5.65. The van der Waals surface area contributed by atoms with Crippen LogP contribution in [-0.4, -0.2) is 24.6 Å². The highest BCUT2D eigenvalue weighted by Crippen LogP contribution is 2.44. The minimum Gasteiger partial charge on any atom is -0.493 e. The molecule has 1 heterocycles. The van der Waals surface area contributed by atoms with E-state index in [4.69, 9.17) is 16.3 Å². The molecule has 0 atom stereocenters. The molecule has 0 N–H and O–H groups in total. The first-order chi connectivity index (χ1) is 13.1. The van der Waals surface area contributed by atoms with Crippen molar-refractivity contribution in [1.82, 2.24) is 4.90 Å². The predicted octanol–water partition coefficient (Wildman–Crippen LogP) is 5.79. The molecule has 1 saturated carbocycles. The van der Waals surface area contributed by atoms with E-state index in [2.05, 4.69) is 4.90 Å². The maximum absolute atomic E-state index is 13.6. The van der Waals surface area contributed by atoms with E-state index in [1.54, 1.807) is 6.07 Å². The van der Waals surface area contributed by atoms with E-state index in [1.807, 2.05) is 12.1 Å². The maximum Gasteiger partial charge on any atom is 0.126 e. The van der Waals surface area contributed by atoms with Gasteiger partial charge in [0.1, 0.15) is 17.4 Å². The molecule has 1 saturated heterocycles. The summed E-state index contributed by atoms with van der Waals surface area (Å²) >= 11 is 5.94. The second-order valence-corrected chi connectivity index (χ2v) is 8.20. The third-order valence-electron chi connectivity index (χ3n) is 5.50. The van der Waals surface area contributed by atoms with Gasteiger partial charge in [-0.25, -0.2) is 8.78 Å². The third kappa shape index (κ3) is 4.99. The molecule has 0 amide bonds. The highest BCUT2D eigenvalue weighted by molar-refractivity contribution is 6.30. The van der Waals surface area contributed by atoms with Crippen molar-refractivity contribution in [3.8, 4) is 5.75 Å². The summed E-state index contributed by atoms with van der Waals surface area (Å²) < 4.78 is 33.1. The Hall–Kier alpha value is -1.65. The summed E-state index contributed by atoms with van der Waals surface area (Å²) in [5.74, 6) is 1.20. The van der Waals surface area contributed by atoms with Crippen LogP contribution in [0.15, 0.2) is 36.4 Å². The zero-order valence-corrected chi connectivity index (χ0v) is 16.0. The molecule has 2 aromatic rings. The Balaban J connectivity index is 1.28. The van der Waals surface area contributed by atoms with Crippen molar-refractivity contribution in [2.45, 2.75) is 38.1 Å². The third-order valence-corrected chi connectivity index (χ3v) is 5.72. The summed E-state index contributed by atoms with van der Waals surface area (Å²) in [7, 11) is 0. The summed E-state index contributed by atoms with van der Waals surface area (Å²) in [5, 5.41) is 0.440. The number of likely N-dealkylation sites (tertiary alicyclic amines) is 1. The molecule has 1 aliphatic carbocycles. The molecule has 1 aliphatic heterocycles. The van der Waals surface area contributed by atoms with Gasteiger partial charge in [-0.05, 0) is 86.0 Å². The average molecular weight is 392 g/mol. The summed E-state index contributed by atoms with van der Waals surface area (Å²) in [4.78, 5) is 2.32. The van der Waals surface area contributed by atoms with Crippen LogP contribution in [0.4, 0.5) is 8.78 Å². The molecule has 0 spiro atoms. The Labute approximate surface area is 164 Å². The summed E-state index contributed by atoms with van der Waals surface area (Å²) in [6.45, 7) is 3.23. The van der Waals surface area contributed by atoms with Gasteiger partial charge in [-0.3, -0.25) is 4.90 Å². The van der Waals surface area contributed by atoms with E-state index in [9.17, 15) is 8.78 Å². The minimum absolute atomic E-state index is 0.238. The van der Waals surface area contributed by atoms with Crippen LogP contribution < -0.4 is 4.74 Å². The van der Waals surface area contributed by atoms with Gasteiger partial charge in [0.05, 0.1) is 6.61 Å². The first-order valence-electron chi connectivity index (χ1n) is 9.66. The number of rotatable bonds is 6. The first kappa shape index (κ1) is 18.7. The second-order valence-electron chi connectivity index (χ2n) is 7.76. The van der Waals surface area contributed by atoms with Gasteiger partial charge < -0.3 is 4.74 Å². The van der Waals surface area contributed by atoms with Crippen LogP contribution in [0.5, 0.6) is 5.75 Å². The molecule has 4 rings (SSSR count). The number of benzene rings is 2. The van der Waals surface area contributed by atoms with E-state index < -0.39 is 0 Å². The van der Waals surface area contributed by atoms with Gasteiger partial charge in [-0.15, -0.1) is 0 Å². The molecule has 2 aromatic carbocycles. The number of ether oxygens (including phenoxy) is 1. The lowest BCUT2D eigenvalue weighted by atomic mass is 9.97. The molecule has 0 radical (unpaired) electrons. The molecule has 0 unspecified atom stereocenters. The van der Waals surface area contributed by atoms with Crippen molar-refractivity contribution in [2.24, 2.45) is 5.92 Å². The zero-order valence-electron chi connectivity index (χ0n) is 15.3. The van der Waals surface area contributed by atoms with Gasteiger partial charge in [-0.2, -0.15) is 0 Å².